The maximum Gasteiger partial charge on any atom is 0.234 e. The number of aromatic nitrogens is 3. The second-order valence-electron chi connectivity index (χ2n) is 5.77. The number of carbonyl (C=O) groups excluding carboxylic acids is 1. The lowest BCUT2D eigenvalue weighted by atomic mass is 10.1. The van der Waals surface area contributed by atoms with E-state index in [2.05, 4.69) is 21.6 Å². The van der Waals surface area contributed by atoms with Crippen LogP contribution in [0.15, 0.2) is 53.7 Å². The van der Waals surface area contributed by atoms with Crippen LogP contribution in [-0.2, 0) is 11.3 Å². The molecular weight excluding hydrogens is 368 g/mol. The van der Waals surface area contributed by atoms with E-state index in [1.54, 1.807) is 24.3 Å². The van der Waals surface area contributed by atoms with Crippen molar-refractivity contribution >= 4 is 35.0 Å². The number of nitrogens with one attached hydrogen (secondary N) is 1. The Hall–Kier alpha value is -2.31. The number of carbonyl (C=O) groups is 1. The van der Waals surface area contributed by atoms with E-state index in [-0.39, 0.29) is 11.7 Å². The summed E-state index contributed by atoms with van der Waals surface area (Å²) in [7, 11) is 0. The van der Waals surface area contributed by atoms with E-state index < -0.39 is 0 Å². The van der Waals surface area contributed by atoms with Crippen LogP contribution in [0.1, 0.15) is 12.5 Å². The number of halogens is 1. The third kappa shape index (κ3) is 4.45. The molecule has 0 bridgehead atoms. The van der Waals surface area contributed by atoms with Crippen LogP contribution < -0.4 is 5.32 Å². The summed E-state index contributed by atoms with van der Waals surface area (Å²) in [5.74, 6) is 0.951. The van der Waals surface area contributed by atoms with Gasteiger partial charge in [0.25, 0.3) is 0 Å². The molecular formula is C19H19ClN4OS. The summed E-state index contributed by atoms with van der Waals surface area (Å²) in [6, 6.07) is 15.2. The molecule has 2 aromatic carbocycles. The van der Waals surface area contributed by atoms with Gasteiger partial charge in [-0.3, -0.25) is 4.79 Å². The summed E-state index contributed by atoms with van der Waals surface area (Å²) in [4.78, 5) is 12.2. The van der Waals surface area contributed by atoms with Crippen molar-refractivity contribution < 1.29 is 4.79 Å². The van der Waals surface area contributed by atoms with Crippen LogP contribution >= 0.6 is 23.4 Å². The molecule has 26 heavy (non-hydrogen) atoms. The van der Waals surface area contributed by atoms with Crippen LogP contribution in [0, 0.1) is 6.92 Å². The van der Waals surface area contributed by atoms with Gasteiger partial charge in [-0.1, -0.05) is 53.2 Å². The summed E-state index contributed by atoms with van der Waals surface area (Å²) < 4.78 is 2.02. The number of aryl methyl sites for hydroxylation is 1. The summed E-state index contributed by atoms with van der Waals surface area (Å²) in [5, 5.41) is 12.7. The fraction of sp³-hybridized carbons (Fsp3) is 0.211. The minimum atomic E-state index is -0.111. The van der Waals surface area contributed by atoms with Crippen molar-refractivity contribution in [1.82, 2.24) is 14.8 Å². The molecule has 1 amide bonds. The molecule has 0 unspecified atom stereocenters. The third-order valence-corrected chi connectivity index (χ3v) is 4.95. The normalized spacial score (nSPS) is 10.7. The van der Waals surface area contributed by atoms with Crippen molar-refractivity contribution in [1.29, 1.82) is 0 Å². The summed E-state index contributed by atoms with van der Waals surface area (Å²) in [6.07, 6.45) is 0. The Morgan fingerprint density at radius 3 is 2.73 bits per heavy atom. The SMILES string of the molecule is CCn1c(SCC(=O)Nc2cccc(Cl)c2)nnc1-c1cccc(C)c1. The fourth-order valence-electron chi connectivity index (χ4n) is 2.57. The summed E-state index contributed by atoms with van der Waals surface area (Å²) in [5.41, 5.74) is 2.87. The van der Waals surface area contributed by atoms with Gasteiger partial charge in [0.15, 0.2) is 11.0 Å². The molecule has 0 aliphatic heterocycles. The Morgan fingerprint density at radius 2 is 2.00 bits per heavy atom. The lowest BCUT2D eigenvalue weighted by Crippen LogP contribution is -2.14. The van der Waals surface area contributed by atoms with Crippen molar-refractivity contribution in [2.75, 3.05) is 11.1 Å². The zero-order valence-electron chi connectivity index (χ0n) is 14.6. The van der Waals surface area contributed by atoms with Crippen molar-refractivity contribution in [2.45, 2.75) is 25.5 Å². The maximum absolute atomic E-state index is 12.2. The van der Waals surface area contributed by atoms with Crippen molar-refractivity contribution in [2.24, 2.45) is 0 Å². The average molecular weight is 387 g/mol. The highest BCUT2D eigenvalue weighted by Gasteiger charge is 2.14. The summed E-state index contributed by atoms with van der Waals surface area (Å²) in [6.45, 7) is 4.82. The summed E-state index contributed by atoms with van der Waals surface area (Å²) >= 11 is 7.30. The first-order valence-corrected chi connectivity index (χ1v) is 9.61. The van der Waals surface area contributed by atoms with E-state index in [0.29, 0.717) is 10.7 Å². The Kier molecular flexibility index (Phi) is 5.96. The molecule has 7 heteroatoms. The largest absolute Gasteiger partial charge is 0.325 e. The Balaban J connectivity index is 1.69. The van der Waals surface area contributed by atoms with Crippen LogP contribution in [-0.4, -0.2) is 26.4 Å². The molecule has 5 nitrogen and oxygen atoms in total. The zero-order valence-corrected chi connectivity index (χ0v) is 16.1. The number of thioether (sulfide) groups is 1. The molecule has 0 radical (unpaired) electrons. The highest BCUT2D eigenvalue weighted by Crippen LogP contribution is 2.25. The molecule has 0 fully saturated rings. The molecule has 3 rings (SSSR count). The first-order valence-electron chi connectivity index (χ1n) is 8.25. The second kappa shape index (κ2) is 8.38. The number of hydrogen-bond acceptors (Lipinski definition) is 4. The standard InChI is InChI=1S/C19H19ClN4OS/c1-3-24-18(14-7-4-6-13(2)10-14)22-23-19(24)26-12-17(25)21-16-9-5-8-15(20)11-16/h4-11H,3,12H2,1-2H3,(H,21,25). The first kappa shape index (κ1) is 18.5. The molecule has 1 N–H and O–H groups in total. The van der Waals surface area contributed by atoms with Gasteiger partial charge < -0.3 is 9.88 Å². The molecule has 1 heterocycles. The number of rotatable bonds is 6. The number of anilines is 1. The van der Waals surface area contributed by atoms with E-state index >= 15 is 0 Å². The smallest absolute Gasteiger partial charge is 0.234 e. The van der Waals surface area contributed by atoms with Gasteiger partial charge in [0.2, 0.25) is 5.91 Å². The van der Waals surface area contributed by atoms with E-state index in [0.717, 1.165) is 23.1 Å². The average Bonchev–Trinajstić information content (AvgIpc) is 3.03. The number of benzene rings is 2. The Morgan fingerprint density at radius 1 is 1.19 bits per heavy atom. The fourth-order valence-corrected chi connectivity index (χ4v) is 3.56. The number of nitrogens with zero attached hydrogens (tertiary/aromatic N) is 3. The minimum absolute atomic E-state index is 0.111. The van der Waals surface area contributed by atoms with E-state index in [4.69, 9.17) is 11.6 Å². The second-order valence-corrected chi connectivity index (χ2v) is 7.15. The molecule has 0 aliphatic carbocycles. The molecule has 3 aromatic rings. The molecule has 0 aliphatic rings. The quantitative estimate of drug-likeness (QED) is 0.626. The molecule has 0 spiro atoms. The maximum atomic E-state index is 12.2. The van der Waals surface area contributed by atoms with Gasteiger partial charge in [-0.25, -0.2) is 0 Å². The third-order valence-electron chi connectivity index (χ3n) is 3.75. The topological polar surface area (TPSA) is 59.8 Å². The van der Waals surface area contributed by atoms with Crippen LogP contribution in [0.2, 0.25) is 5.02 Å². The number of amides is 1. The predicted octanol–water partition coefficient (Wildman–Crippen LogP) is 4.66. The zero-order chi connectivity index (χ0) is 18.5. The lowest BCUT2D eigenvalue weighted by Gasteiger charge is -2.08. The van der Waals surface area contributed by atoms with Gasteiger partial charge in [-0.05, 0) is 38.1 Å². The molecule has 0 saturated heterocycles. The van der Waals surface area contributed by atoms with Crippen LogP contribution in [0.4, 0.5) is 5.69 Å². The van der Waals surface area contributed by atoms with Gasteiger partial charge in [0.1, 0.15) is 0 Å². The predicted molar refractivity (Wildman–Crippen MR) is 107 cm³/mol. The highest BCUT2D eigenvalue weighted by atomic mass is 35.5. The first-order chi connectivity index (χ1) is 12.6. The lowest BCUT2D eigenvalue weighted by molar-refractivity contribution is -0.113. The monoisotopic (exact) mass is 386 g/mol. The van der Waals surface area contributed by atoms with Gasteiger partial charge in [-0.2, -0.15) is 0 Å². The Bertz CT molecular complexity index is 925. The molecule has 134 valence electrons. The van der Waals surface area contributed by atoms with Crippen LogP contribution in [0.25, 0.3) is 11.4 Å². The number of hydrogen-bond donors (Lipinski definition) is 1. The molecule has 1 aromatic heterocycles. The van der Waals surface area contributed by atoms with Crippen molar-refractivity contribution in [3.05, 3.63) is 59.1 Å². The van der Waals surface area contributed by atoms with E-state index in [1.807, 2.05) is 36.6 Å². The van der Waals surface area contributed by atoms with Crippen molar-refractivity contribution in [3.8, 4) is 11.4 Å². The van der Waals surface area contributed by atoms with E-state index in [1.165, 1.54) is 17.3 Å². The van der Waals surface area contributed by atoms with Gasteiger partial charge >= 0.3 is 0 Å². The molecule has 0 atom stereocenters. The van der Waals surface area contributed by atoms with Crippen LogP contribution in [0.3, 0.4) is 0 Å². The van der Waals surface area contributed by atoms with Crippen LogP contribution in [0.5, 0.6) is 0 Å². The minimum Gasteiger partial charge on any atom is -0.325 e. The van der Waals surface area contributed by atoms with Gasteiger partial charge in [0.05, 0.1) is 5.75 Å². The highest BCUT2D eigenvalue weighted by molar-refractivity contribution is 7.99. The molecule has 0 saturated carbocycles. The Labute approximate surface area is 161 Å². The van der Waals surface area contributed by atoms with Gasteiger partial charge in [-0.15, -0.1) is 10.2 Å². The van der Waals surface area contributed by atoms with Crippen molar-refractivity contribution in [3.63, 3.8) is 0 Å². The van der Waals surface area contributed by atoms with E-state index in [9.17, 15) is 4.79 Å². The van der Waals surface area contributed by atoms with Gasteiger partial charge in [0, 0.05) is 22.8 Å².